The van der Waals surface area contributed by atoms with Crippen molar-refractivity contribution in [2.45, 2.75) is 45.3 Å². The highest BCUT2D eigenvalue weighted by molar-refractivity contribution is 14.1. The molecule has 184 valence electrons. The van der Waals surface area contributed by atoms with Gasteiger partial charge in [-0.15, -0.1) is 4.80 Å². The van der Waals surface area contributed by atoms with Crippen molar-refractivity contribution in [3.63, 3.8) is 0 Å². The summed E-state index contributed by atoms with van der Waals surface area (Å²) >= 11 is 8.61. The molecule has 4 aromatic rings. The monoisotopic (exact) mass is 618 g/mol. The molecule has 0 saturated carbocycles. The first-order valence-electron chi connectivity index (χ1n) is 11.3. The number of carbonyl (C=O) groups is 1. The van der Waals surface area contributed by atoms with Crippen molar-refractivity contribution in [1.29, 1.82) is 5.26 Å². The summed E-state index contributed by atoms with van der Waals surface area (Å²) < 4.78 is 16.0. The fourth-order valence-electron chi connectivity index (χ4n) is 5.06. The number of aromatic nitrogens is 6. The van der Waals surface area contributed by atoms with Gasteiger partial charge in [-0.1, -0.05) is 11.6 Å². The highest BCUT2D eigenvalue weighted by atomic mass is 127. The van der Waals surface area contributed by atoms with Gasteiger partial charge in [-0.25, -0.2) is 14.4 Å². The van der Waals surface area contributed by atoms with Crippen molar-refractivity contribution in [1.82, 2.24) is 29.5 Å². The minimum atomic E-state index is -0.374. The molecule has 1 saturated heterocycles. The summed E-state index contributed by atoms with van der Waals surface area (Å²) in [6, 6.07) is 5.31. The van der Waals surface area contributed by atoms with Crippen molar-refractivity contribution in [2.75, 3.05) is 4.90 Å². The molecule has 1 aliphatic rings. The van der Waals surface area contributed by atoms with E-state index < -0.39 is 0 Å². The Kier molecular flexibility index (Phi) is 6.65. The van der Waals surface area contributed by atoms with Gasteiger partial charge in [0.15, 0.2) is 11.6 Å². The van der Waals surface area contributed by atoms with Crippen molar-refractivity contribution >= 4 is 56.8 Å². The SMILES string of the molecule is C[C@@H]1CC(C(=O)c2cn(CC#N)c3nc(-n4nccn4)c(Cl)cc23)C[C@@H](C)N1c1ncc(F)cc1I. The Hall–Kier alpha value is -3.11. The van der Waals surface area contributed by atoms with Crippen LogP contribution in [0.5, 0.6) is 0 Å². The van der Waals surface area contributed by atoms with Crippen LogP contribution in [0.15, 0.2) is 36.9 Å². The molecule has 36 heavy (non-hydrogen) atoms. The molecular formula is C24H21ClFIN8O. The lowest BCUT2D eigenvalue weighted by molar-refractivity contribution is 0.0878. The van der Waals surface area contributed by atoms with Crippen molar-refractivity contribution < 1.29 is 9.18 Å². The quantitative estimate of drug-likeness (QED) is 0.234. The minimum Gasteiger partial charge on any atom is -0.350 e. The second kappa shape index (κ2) is 9.74. The number of nitrogens with zero attached hydrogens (tertiary/aromatic N) is 8. The summed E-state index contributed by atoms with van der Waals surface area (Å²) in [6.07, 6.45) is 7.17. The third-order valence-electron chi connectivity index (χ3n) is 6.50. The molecule has 1 fully saturated rings. The van der Waals surface area contributed by atoms with Crippen LogP contribution >= 0.6 is 34.2 Å². The lowest BCUT2D eigenvalue weighted by Gasteiger charge is -2.43. The number of ketones is 1. The van der Waals surface area contributed by atoms with Crippen molar-refractivity contribution in [3.05, 3.63) is 56.9 Å². The van der Waals surface area contributed by atoms with Gasteiger partial charge in [-0.2, -0.15) is 15.5 Å². The molecule has 5 heterocycles. The average Bonchev–Trinajstić information content (AvgIpc) is 3.48. The Morgan fingerprint density at radius 3 is 2.56 bits per heavy atom. The highest BCUT2D eigenvalue weighted by Gasteiger charge is 2.37. The minimum absolute atomic E-state index is 0.0142. The summed E-state index contributed by atoms with van der Waals surface area (Å²) in [7, 11) is 0. The topological polar surface area (TPSA) is 106 Å². The number of rotatable bonds is 5. The summed E-state index contributed by atoms with van der Waals surface area (Å²) in [4.78, 5) is 26.2. The van der Waals surface area contributed by atoms with Crippen LogP contribution in [-0.2, 0) is 6.54 Å². The standard InChI is InChI=1S/C24H21ClFIN8O/c1-13-7-15(8-14(2)34(13)24-20(27)9-16(26)11-29-24)21(36)18-12-33(6-3-28)22-17(18)10-19(25)23(32-22)35-30-4-5-31-35/h4-5,9-15H,6-8H2,1-2H3/t13-,14-/m1/s1. The van der Waals surface area contributed by atoms with E-state index >= 15 is 0 Å². The van der Waals surface area contributed by atoms with Crippen LogP contribution in [0.4, 0.5) is 10.2 Å². The number of carbonyl (C=O) groups excluding carboxylic acids is 1. The van der Waals surface area contributed by atoms with E-state index in [0.717, 1.165) is 9.39 Å². The lowest BCUT2D eigenvalue weighted by Crippen LogP contribution is -2.49. The molecule has 4 aromatic heterocycles. The van der Waals surface area contributed by atoms with Gasteiger partial charge in [0, 0.05) is 35.1 Å². The molecule has 9 nitrogen and oxygen atoms in total. The van der Waals surface area contributed by atoms with E-state index in [2.05, 4.69) is 67.6 Å². The first-order valence-corrected chi connectivity index (χ1v) is 12.8. The summed E-state index contributed by atoms with van der Waals surface area (Å²) in [5.74, 6) is 0.420. The van der Waals surface area contributed by atoms with Crippen LogP contribution < -0.4 is 4.90 Å². The first kappa shape index (κ1) is 24.6. The molecule has 0 aliphatic carbocycles. The Balaban J connectivity index is 1.49. The van der Waals surface area contributed by atoms with Gasteiger partial charge in [0.1, 0.15) is 23.8 Å². The molecule has 5 rings (SSSR count). The highest BCUT2D eigenvalue weighted by Crippen LogP contribution is 2.37. The predicted molar refractivity (Wildman–Crippen MR) is 141 cm³/mol. The van der Waals surface area contributed by atoms with Gasteiger partial charge in [-0.05, 0) is 61.4 Å². The van der Waals surface area contributed by atoms with Gasteiger partial charge < -0.3 is 9.47 Å². The summed E-state index contributed by atoms with van der Waals surface area (Å²) in [5.41, 5.74) is 0.960. The molecule has 0 unspecified atom stereocenters. The Bertz CT molecular complexity index is 1490. The maximum Gasteiger partial charge on any atom is 0.195 e. The van der Waals surface area contributed by atoms with Crippen molar-refractivity contribution in [3.8, 4) is 11.9 Å². The van der Waals surface area contributed by atoms with Crippen LogP contribution in [0.1, 0.15) is 37.0 Å². The molecule has 0 amide bonds. The average molecular weight is 619 g/mol. The maximum absolute atomic E-state index is 13.8. The number of hydrogen-bond donors (Lipinski definition) is 0. The second-order valence-electron chi connectivity index (χ2n) is 8.91. The summed E-state index contributed by atoms with van der Waals surface area (Å²) in [6.45, 7) is 4.14. The van der Waals surface area contributed by atoms with E-state index in [4.69, 9.17) is 11.6 Å². The number of halogens is 3. The molecule has 0 aromatic carbocycles. The number of pyridine rings is 2. The zero-order chi connectivity index (χ0) is 25.6. The number of fused-ring (bicyclic) bond motifs is 1. The predicted octanol–water partition coefficient (Wildman–Crippen LogP) is 4.81. The number of hydrogen-bond acceptors (Lipinski definition) is 7. The van der Waals surface area contributed by atoms with E-state index in [-0.39, 0.29) is 36.1 Å². The number of nitriles is 1. The molecule has 0 radical (unpaired) electrons. The third kappa shape index (κ3) is 4.32. The largest absolute Gasteiger partial charge is 0.350 e. The van der Waals surface area contributed by atoms with E-state index in [1.807, 2.05) is 0 Å². The zero-order valence-electron chi connectivity index (χ0n) is 19.4. The normalized spacial score (nSPS) is 20.0. The molecule has 0 bridgehead atoms. The van der Waals surface area contributed by atoms with Gasteiger partial charge >= 0.3 is 0 Å². The van der Waals surface area contributed by atoms with Crippen LogP contribution in [0.25, 0.3) is 16.9 Å². The third-order valence-corrected chi connectivity index (χ3v) is 7.58. The van der Waals surface area contributed by atoms with E-state index in [9.17, 15) is 14.4 Å². The van der Waals surface area contributed by atoms with Crippen molar-refractivity contribution in [2.24, 2.45) is 5.92 Å². The fourth-order valence-corrected chi connectivity index (χ4v) is 6.00. The zero-order valence-corrected chi connectivity index (χ0v) is 22.4. The van der Waals surface area contributed by atoms with E-state index in [1.165, 1.54) is 29.5 Å². The number of anilines is 1. The van der Waals surface area contributed by atoms with E-state index in [0.29, 0.717) is 40.3 Å². The Morgan fingerprint density at radius 1 is 1.22 bits per heavy atom. The van der Waals surface area contributed by atoms with Crippen LogP contribution in [-0.4, -0.2) is 47.4 Å². The van der Waals surface area contributed by atoms with Crippen LogP contribution in [0.3, 0.4) is 0 Å². The maximum atomic E-state index is 13.8. The van der Waals surface area contributed by atoms with Crippen LogP contribution in [0, 0.1) is 26.6 Å². The van der Waals surface area contributed by atoms with Gasteiger partial charge in [0.25, 0.3) is 0 Å². The van der Waals surface area contributed by atoms with Gasteiger partial charge in [0.05, 0.1) is 33.3 Å². The number of piperidine rings is 1. The van der Waals surface area contributed by atoms with Gasteiger partial charge in [-0.3, -0.25) is 4.79 Å². The molecule has 0 spiro atoms. The number of Topliss-reactive ketones (excluding diaryl/α,β-unsaturated/α-hetero) is 1. The molecular weight excluding hydrogens is 598 g/mol. The summed E-state index contributed by atoms with van der Waals surface area (Å²) in [5, 5.41) is 18.4. The molecule has 0 N–H and O–H groups in total. The van der Waals surface area contributed by atoms with E-state index in [1.54, 1.807) is 16.8 Å². The smallest absolute Gasteiger partial charge is 0.195 e. The molecule has 12 heteroatoms. The molecule has 1 aliphatic heterocycles. The Labute approximate surface area is 225 Å². The fraction of sp³-hybridized carbons (Fsp3) is 0.333. The lowest BCUT2D eigenvalue weighted by atomic mass is 9.82. The van der Waals surface area contributed by atoms with Crippen LogP contribution in [0.2, 0.25) is 5.02 Å². The second-order valence-corrected chi connectivity index (χ2v) is 10.5. The first-order chi connectivity index (χ1) is 17.3. The van der Waals surface area contributed by atoms with Gasteiger partial charge in [0.2, 0.25) is 0 Å². The molecule has 2 atom stereocenters. The Morgan fingerprint density at radius 2 is 1.92 bits per heavy atom.